The molecule has 0 spiro atoms. The third-order valence-electron chi connectivity index (χ3n) is 1.20. The minimum Gasteiger partial charge on any atom is -0.228 e. The van der Waals surface area contributed by atoms with E-state index in [9.17, 15) is 4.39 Å². The second-order valence-electron chi connectivity index (χ2n) is 1.84. The zero-order valence-electron chi connectivity index (χ0n) is 7.26. The summed E-state index contributed by atoms with van der Waals surface area (Å²) >= 11 is 0. The summed E-state index contributed by atoms with van der Waals surface area (Å²) in [6.45, 7) is 6.01. The molecular formula is C9H14FN. The van der Waals surface area contributed by atoms with E-state index in [0.717, 1.165) is 12.0 Å². The quantitative estimate of drug-likeness (QED) is 0.568. The van der Waals surface area contributed by atoms with Crippen molar-refractivity contribution in [2.45, 2.75) is 27.2 Å². The Kier molecular flexibility index (Phi) is 5.35. The predicted octanol–water partition coefficient (Wildman–Crippen LogP) is 2.81. The first-order chi connectivity index (χ1) is 5.33. The fraction of sp³-hybridized carbons (Fsp3) is 0.444. The van der Waals surface area contributed by atoms with Gasteiger partial charge in [-0.2, -0.15) is 4.39 Å². The van der Waals surface area contributed by atoms with Gasteiger partial charge in [-0.3, -0.25) is 0 Å². The Balaban J connectivity index is 0.000000461. The van der Waals surface area contributed by atoms with Crippen molar-refractivity contribution >= 4 is 0 Å². The number of halogens is 1. The molecule has 0 saturated carbocycles. The molecule has 0 aliphatic carbocycles. The lowest BCUT2D eigenvalue weighted by atomic mass is 10.2. The van der Waals surface area contributed by atoms with Crippen LogP contribution in [0.3, 0.4) is 0 Å². The smallest absolute Gasteiger partial charge is 0.212 e. The molecule has 0 bridgehead atoms. The van der Waals surface area contributed by atoms with Crippen LogP contribution in [0.25, 0.3) is 0 Å². The standard InChI is InChI=1S/C7H8FN.C2H6/c1-2-6-3-4-7(8)9-5-6;1-2/h3-5H,2H2,1H3;1-2H3. The zero-order chi connectivity index (χ0) is 8.69. The Morgan fingerprint density at radius 2 is 2.00 bits per heavy atom. The topological polar surface area (TPSA) is 12.9 Å². The van der Waals surface area contributed by atoms with Crippen LogP contribution in [0.15, 0.2) is 18.3 Å². The highest BCUT2D eigenvalue weighted by molar-refractivity contribution is 5.08. The molecule has 11 heavy (non-hydrogen) atoms. The van der Waals surface area contributed by atoms with E-state index >= 15 is 0 Å². The van der Waals surface area contributed by atoms with Crippen LogP contribution in [0.5, 0.6) is 0 Å². The molecule has 2 heteroatoms. The molecule has 1 nitrogen and oxygen atoms in total. The lowest BCUT2D eigenvalue weighted by molar-refractivity contribution is 0.582. The number of aromatic nitrogens is 1. The first kappa shape index (κ1) is 10.1. The van der Waals surface area contributed by atoms with Gasteiger partial charge >= 0.3 is 0 Å². The molecule has 0 aliphatic heterocycles. The number of hydrogen-bond donors (Lipinski definition) is 0. The summed E-state index contributed by atoms with van der Waals surface area (Å²) < 4.78 is 12.1. The van der Waals surface area contributed by atoms with E-state index in [1.165, 1.54) is 6.07 Å². The molecule has 1 aromatic rings. The molecule has 1 rings (SSSR count). The van der Waals surface area contributed by atoms with E-state index in [4.69, 9.17) is 0 Å². The summed E-state index contributed by atoms with van der Waals surface area (Å²) in [5.74, 6) is -0.410. The highest BCUT2D eigenvalue weighted by Crippen LogP contribution is 1.98. The van der Waals surface area contributed by atoms with Gasteiger partial charge in [-0.05, 0) is 18.1 Å². The summed E-state index contributed by atoms with van der Waals surface area (Å²) in [5.41, 5.74) is 1.07. The molecule has 0 fully saturated rings. The number of hydrogen-bond acceptors (Lipinski definition) is 1. The van der Waals surface area contributed by atoms with E-state index < -0.39 is 5.95 Å². The lowest BCUT2D eigenvalue weighted by Gasteiger charge is -1.91. The summed E-state index contributed by atoms with van der Waals surface area (Å²) in [7, 11) is 0. The molecule has 0 atom stereocenters. The fourth-order valence-electron chi connectivity index (χ4n) is 0.616. The number of aryl methyl sites for hydroxylation is 1. The van der Waals surface area contributed by atoms with Gasteiger partial charge in [0.05, 0.1) is 0 Å². The first-order valence-electron chi connectivity index (χ1n) is 3.93. The maximum absolute atomic E-state index is 12.1. The van der Waals surface area contributed by atoms with Crippen molar-refractivity contribution in [1.29, 1.82) is 0 Å². The molecule has 0 aliphatic rings. The second-order valence-corrected chi connectivity index (χ2v) is 1.84. The van der Waals surface area contributed by atoms with Gasteiger partial charge in [0.2, 0.25) is 5.95 Å². The fourth-order valence-corrected chi connectivity index (χ4v) is 0.616. The third kappa shape index (κ3) is 3.71. The maximum atomic E-state index is 12.1. The molecule has 0 unspecified atom stereocenters. The Morgan fingerprint density at radius 1 is 1.36 bits per heavy atom. The van der Waals surface area contributed by atoms with Gasteiger partial charge in [0.15, 0.2) is 0 Å². The van der Waals surface area contributed by atoms with Crippen LogP contribution in [0.1, 0.15) is 26.3 Å². The van der Waals surface area contributed by atoms with Gasteiger partial charge < -0.3 is 0 Å². The Hall–Kier alpha value is -0.920. The van der Waals surface area contributed by atoms with Crippen molar-refractivity contribution in [3.63, 3.8) is 0 Å². The van der Waals surface area contributed by atoms with Crippen molar-refractivity contribution < 1.29 is 4.39 Å². The van der Waals surface area contributed by atoms with Crippen LogP contribution >= 0.6 is 0 Å². The summed E-state index contributed by atoms with van der Waals surface area (Å²) in [4.78, 5) is 3.48. The Bertz CT molecular complexity index is 181. The second kappa shape index (κ2) is 5.83. The molecule has 1 heterocycles. The average molecular weight is 155 g/mol. The van der Waals surface area contributed by atoms with Crippen molar-refractivity contribution in [1.82, 2.24) is 4.98 Å². The van der Waals surface area contributed by atoms with E-state index in [0.29, 0.717) is 0 Å². The maximum Gasteiger partial charge on any atom is 0.212 e. The van der Waals surface area contributed by atoms with Crippen LogP contribution in [-0.2, 0) is 6.42 Å². The van der Waals surface area contributed by atoms with Crippen LogP contribution in [0.2, 0.25) is 0 Å². The summed E-state index contributed by atoms with van der Waals surface area (Å²) in [6, 6.07) is 3.11. The van der Waals surface area contributed by atoms with E-state index in [-0.39, 0.29) is 0 Å². The Labute approximate surface area is 67.3 Å². The molecule has 0 N–H and O–H groups in total. The summed E-state index contributed by atoms with van der Waals surface area (Å²) in [5, 5.41) is 0. The van der Waals surface area contributed by atoms with E-state index in [2.05, 4.69) is 4.98 Å². The molecule has 1 aromatic heterocycles. The van der Waals surface area contributed by atoms with Gasteiger partial charge in [-0.25, -0.2) is 4.98 Å². The predicted molar refractivity (Wildman–Crippen MR) is 44.9 cm³/mol. The highest BCUT2D eigenvalue weighted by atomic mass is 19.1. The van der Waals surface area contributed by atoms with Crippen molar-refractivity contribution in [3.05, 3.63) is 29.8 Å². The molecule has 0 aromatic carbocycles. The van der Waals surface area contributed by atoms with Crippen LogP contribution < -0.4 is 0 Å². The lowest BCUT2D eigenvalue weighted by Crippen LogP contribution is -1.84. The molecule has 0 radical (unpaired) electrons. The van der Waals surface area contributed by atoms with E-state index in [1.807, 2.05) is 20.8 Å². The summed E-state index contributed by atoms with van der Waals surface area (Å²) in [6.07, 6.45) is 2.46. The number of rotatable bonds is 1. The van der Waals surface area contributed by atoms with Crippen LogP contribution in [-0.4, -0.2) is 4.98 Å². The monoisotopic (exact) mass is 155 g/mol. The van der Waals surface area contributed by atoms with Crippen LogP contribution in [0.4, 0.5) is 4.39 Å². The third-order valence-corrected chi connectivity index (χ3v) is 1.20. The normalized spacial score (nSPS) is 8.36. The molecular weight excluding hydrogens is 141 g/mol. The van der Waals surface area contributed by atoms with Crippen molar-refractivity contribution in [2.24, 2.45) is 0 Å². The molecule has 0 amide bonds. The van der Waals surface area contributed by atoms with Gasteiger partial charge in [0, 0.05) is 6.20 Å². The Morgan fingerprint density at radius 3 is 2.36 bits per heavy atom. The average Bonchev–Trinajstić information content (AvgIpc) is 2.10. The van der Waals surface area contributed by atoms with Gasteiger partial charge in [0.25, 0.3) is 0 Å². The minimum absolute atomic E-state index is 0.410. The number of nitrogens with zero attached hydrogens (tertiary/aromatic N) is 1. The highest BCUT2D eigenvalue weighted by Gasteiger charge is 1.89. The van der Waals surface area contributed by atoms with Gasteiger partial charge in [-0.1, -0.05) is 26.8 Å². The SMILES string of the molecule is CC.CCc1ccc(F)nc1. The van der Waals surface area contributed by atoms with E-state index in [1.54, 1.807) is 12.3 Å². The molecule has 62 valence electrons. The van der Waals surface area contributed by atoms with Gasteiger partial charge in [-0.15, -0.1) is 0 Å². The van der Waals surface area contributed by atoms with Crippen molar-refractivity contribution in [3.8, 4) is 0 Å². The zero-order valence-corrected chi connectivity index (χ0v) is 7.26. The van der Waals surface area contributed by atoms with Crippen molar-refractivity contribution in [2.75, 3.05) is 0 Å². The van der Waals surface area contributed by atoms with Gasteiger partial charge in [0.1, 0.15) is 0 Å². The van der Waals surface area contributed by atoms with Crippen LogP contribution in [0, 0.1) is 5.95 Å². The largest absolute Gasteiger partial charge is 0.228 e. The minimum atomic E-state index is -0.410. The number of pyridine rings is 1. The first-order valence-corrected chi connectivity index (χ1v) is 3.93. The molecule has 0 saturated heterocycles.